The van der Waals surface area contributed by atoms with Gasteiger partial charge in [0.05, 0.1) is 0 Å². The van der Waals surface area contributed by atoms with Gasteiger partial charge in [0.25, 0.3) is 7.37 Å². The third kappa shape index (κ3) is 6.71. The molecule has 7 heteroatoms. The Morgan fingerprint density at radius 1 is 0.957 bits per heavy atom. The largest absolute Gasteiger partial charge is 0.448 e. The second kappa shape index (κ2) is 9.68. The maximum atomic E-state index is 12.9. The average Bonchev–Trinajstić information content (AvgIpc) is 2.45. The van der Waals surface area contributed by atoms with Crippen LogP contribution in [-0.4, -0.2) is 28.5 Å². The van der Waals surface area contributed by atoms with E-state index in [1.54, 1.807) is 13.8 Å². The van der Waals surface area contributed by atoms with Crippen LogP contribution in [0.1, 0.15) is 53.4 Å². The summed E-state index contributed by atoms with van der Waals surface area (Å²) in [4.78, 5) is 33.9. The number of rotatable bonds is 10. The van der Waals surface area contributed by atoms with Crippen LogP contribution in [0.5, 0.6) is 0 Å². The summed E-state index contributed by atoms with van der Waals surface area (Å²) in [5.74, 6) is -3.93. The molecule has 0 saturated heterocycles. The Balaban J connectivity index is 5.43. The van der Waals surface area contributed by atoms with Crippen molar-refractivity contribution in [1.82, 2.24) is 0 Å². The standard InChI is InChI=1S/C16H27O6P/c1-7-9-13(21-15(17)11(3)4)23(19,20)14(10-8-2)22-16(18)12(5)6/h13-14H,3,5,7-10H2,1-2,4,6H3,(H,19,20). The fraction of sp³-hybridized carbons (Fsp3) is 0.625. The molecule has 0 saturated carbocycles. The molecule has 0 rings (SSSR count). The zero-order valence-corrected chi connectivity index (χ0v) is 15.2. The van der Waals surface area contributed by atoms with Gasteiger partial charge in [-0.25, -0.2) is 9.59 Å². The van der Waals surface area contributed by atoms with Gasteiger partial charge in [-0.15, -0.1) is 0 Å². The van der Waals surface area contributed by atoms with Gasteiger partial charge in [0, 0.05) is 11.1 Å². The van der Waals surface area contributed by atoms with Crippen LogP contribution >= 0.6 is 7.37 Å². The Labute approximate surface area is 138 Å². The van der Waals surface area contributed by atoms with Crippen molar-refractivity contribution in [3.05, 3.63) is 24.3 Å². The lowest BCUT2D eigenvalue weighted by Crippen LogP contribution is -2.28. The normalized spacial score (nSPS) is 15.9. The van der Waals surface area contributed by atoms with E-state index in [1.165, 1.54) is 13.8 Å². The van der Waals surface area contributed by atoms with Crippen LogP contribution in [0, 0.1) is 0 Å². The van der Waals surface area contributed by atoms with Crippen LogP contribution in [0.15, 0.2) is 24.3 Å². The third-order valence-corrected chi connectivity index (χ3v) is 5.46. The molecule has 0 heterocycles. The van der Waals surface area contributed by atoms with Crippen molar-refractivity contribution in [2.45, 2.75) is 65.1 Å². The zero-order chi connectivity index (χ0) is 18.2. The first kappa shape index (κ1) is 21.6. The maximum absolute atomic E-state index is 12.9. The van der Waals surface area contributed by atoms with E-state index in [2.05, 4.69) is 13.2 Å². The van der Waals surface area contributed by atoms with E-state index in [-0.39, 0.29) is 24.0 Å². The fourth-order valence-electron chi connectivity index (χ4n) is 1.77. The Morgan fingerprint density at radius 2 is 1.26 bits per heavy atom. The van der Waals surface area contributed by atoms with E-state index in [9.17, 15) is 19.0 Å². The second-order valence-electron chi connectivity index (χ2n) is 5.53. The van der Waals surface area contributed by atoms with Gasteiger partial charge in [-0.05, 0) is 26.7 Å². The van der Waals surface area contributed by atoms with E-state index in [1.807, 2.05) is 0 Å². The molecule has 0 aliphatic heterocycles. The molecule has 0 aliphatic rings. The maximum Gasteiger partial charge on any atom is 0.333 e. The predicted molar refractivity (Wildman–Crippen MR) is 89.0 cm³/mol. The van der Waals surface area contributed by atoms with Gasteiger partial charge in [-0.3, -0.25) is 4.57 Å². The van der Waals surface area contributed by atoms with Crippen molar-refractivity contribution in [1.29, 1.82) is 0 Å². The lowest BCUT2D eigenvalue weighted by atomic mass is 10.3. The first-order chi connectivity index (χ1) is 10.6. The third-order valence-electron chi connectivity index (χ3n) is 3.08. The van der Waals surface area contributed by atoms with Gasteiger partial charge in [0.15, 0.2) is 11.7 Å². The molecular weight excluding hydrogens is 319 g/mol. The van der Waals surface area contributed by atoms with Crippen molar-refractivity contribution in [2.75, 3.05) is 0 Å². The average molecular weight is 346 g/mol. The van der Waals surface area contributed by atoms with Crippen molar-refractivity contribution in [2.24, 2.45) is 0 Å². The smallest absolute Gasteiger partial charge is 0.333 e. The zero-order valence-electron chi connectivity index (χ0n) is 14.3. The Morgan fingerprint density at radius 3 is 1.48 bits per heavy atom. The monoisotopic (exact) mass is 346 g/mol. The summed E-state index contributed by atoms with van der Waals surface area (Å²) in [7, 11) is -4.10. The molecule has 0 aromatic carbocycles. The highest BCUT2D eigenvalue weighted by Gasteiger charge is 2.43. The quantitative estimate of drug-likeness (QED) is 0.368. The molecule has 23 heavy (non-hydrogen) atoms. The minimum Gasteiger partial charge on any atom is -0.448 e. The summed E-state index contributed by atoms with van der Waals surface area (Å²) >= 11 is 0. The number of hydrogen-bond acceptors (Lipinski definition) is 5. The molecule has 2 unspecified atom stereocenters. The van der Waals surface area contributed by atoms with Crippen molar-refractivity contribution in [3.8, 4) is 0 Å². The highest BCUT2D eigenvalue weighted by atomic mass is 31.2. The SMILES string of the molecule is C=C(C)C(=O)OC(CCC)P(=O)(O)C(CCC)OC(=O)C(=C)C. The van der Waals surface area contributed by atoms with Gasteiger partial charge in [-0.2, -0.15) is 0 Å². The molecule has 2 atom stereocenters. The van der Waals surface area contributed by atoms with Crippen LogP contribution in [0.25, 0.3) is 0 Å². The van der Waals surface area contributed by atoms with E-state index >= 15 is 0 Å². The summed E-state index contributed by atoms with van der Waals surface area (Å²) < 4.78 is 23.1. The van der Waals surface area contributed by atoms with Crippen LogP contribution < -0.4 is 0 Å². The number of esters is 2. The molecule has 0 aromatic heterocycles. The van der Waals surface area contributed by atoms with E-state index in [4.69, 9.17) is 9.47 Å². The van der Waals surface area contributed by atoms with Gasteiger partial charge in [0.1, 0.15) is 0 Å². The summed E-state index contributed by atoms with van der Waals surface area (Å²) in [5, 5.41) is 0. The molecule has 0 amide bonds. The molecule has 0 spiro atoms. The highest BCUT2D eigenvalue weighted by Crippen LogP contribution is 2.55. The van der Waals surface area contributed by atoms with Gasteiger partial charge in [-0.1, -0.05) is 39.8 Å². The van der Waals surface area contributed by atoms with Gasteiger partial charge in [0.2, 0.25) is 0 Å². The minimum atomic E-state index is -4.10. The Kier molecular flexibility index (Phi) is 9.10. The Hall–Kier alpha value is -1.39. The highest BCUT2D eigenvalue weighted by molar-refractivity contribution is 7.59. The minimum absolute atomic E-state index is 0.136. The fourth-order valence-corrected chi connectivity index (χ4v) is 3.89. The number of carbonyl (C=O) groups excluding carboxylic acids is 2. The first-order valence-corrected chi connectivity index (χ1v) is 9.42. The molecule has 1 N–H and O–H groups in total. The number of hydrogen-bond donors (Lipinski definition) is 1. The molecule has 0 fully saturated rings. The summed E-state index contributed by atoms with van der Waals surface area (Å²) in [6.07, 6.45) is 1.45. The van der Waals surface area contributed by atoms with E-state index < -0.39 is 31.0 Å². The van der Waals surface area contributed by atoms with Crippen LogP contribution in [0.2, 0.25) is 0 Å². The topological polar surface area (TPSA) is 89.9 Å². The molecule has 132 valence electrons. The molecule has 0 bridgehead atoms. The molecular formula is C16H27O6P. The number of ether oxygens (including phenoxy) is 2. The molecule has 0 radical (unpaired) electrons. The van der Waals surface area contributed by atoms with Crippen LogP contribution in [-0.2, 0) is 23.6 Å². The molecule has 0 aliphatic carbocycles. The van der Waals surface area contributed by atoms with Crippen molar-refractivity contribution >= 4 is 19.3 Å². The summed E-state index contributed by atoms with van der Waals surface area (Å²) in [6.45, 7) is 13.4. The number of carbonyl (C=O) groups is 2. The van der Waals surface area contributed by atoms with Crippen molar-refractivity contribution < 1.29 is 28.5 Å². The molecule has 0 aromatic rings. The van der Waals surface area contributed by atoms with Gasteiger partial charge < -0.3 is 14.4 Å². The van der Waals surface area contributed by atoms with Gasteiger partial charge >= 0.3 is 11.9 Å². The summed E-state index contributed by atoms with van der Waals surface area (Å²) in [6, 6.07) is 0. The second-order valence-corrected chi connectivity index (χ2v) is 8.03. The first-order valence-electron chi connectivity index (χ1n) is 7.62. The van der Waals surface area contributed by atoms with Crippen LogP contribution in [0.4, 0.5) is 0 Å². The Bertz CT molecular complexity index is 469. The van der Waals surface area contributed by atoms with Crippen molar-refractivity contribution in [3.63, 3.8) is 0 Å². The van der Waals surface area contributed by atoms with E-state index in [0.29, 0.717) is 12.8 Å². The van der Waals surface area contributed by atoms with Crippen LogP contribution in [0.3, 0.4) is 0 Å². The van der Waals surface area contributed by atoms with E-state index in [0.717, 1.165) is 0 Å². The summed E-state index contributed by atoms with van der Waals surface area (Å²) in [5.41, 5.74) is 0.272. The predicted octanol–water partition coefficient (Wildman–Crippen LogP) is 3.75. The lowest BCUT2D eigenvalue weighted by Gasteiger charge is -2.29. The molecule has 6 nitrogen and oxygen atoms in total. The lowest BCUT2D eigenvalue weighted by molar-refractivity contribution is -0.142.